The maximum absolute atomic E-state index is 13.5. The number of aromatic nitrogens is 2. The van der Waals surface area contributed by atoms with Gasteiger partial charge in [0, 0.05) is 11.8 Å². The monoisotopic (exact) mass is 250 g/mol. The number of hydrogen-bond donors (Lipinski definition) is 0. The van der Waals surface area contributed by atoms with E-state index >= 15 is 0 Å². The van der Waals surface area contributed by atoms with Gasteiger partial charge in [-0.25, -0.2) is 9.18 Å². The van der Waals surface area contributed by atoms with E-state index in [4.69, 9.17) is 4.74 Å². The summed E-state index contributed by atoms with van der Waals surface area (Å²) < 4.78 is 20.0. The number of ether oxygens (including phenoxy) is 1. The number of fused-ring (bicyclic) bond motifs is 1. The number of hydrogen-bond acceptors (Lipinski definition) is 3. The first kappa shape index (κ1) is 12.5. The fraction of sp³-hybridized carbons (Fsp3) is 0.385. The molecule has 0 atom stereocenters. The van der Waals surface area contributed by atoms with E-state index in [1.807, 2.05) is 0 Å². The van der Waals surface area contributed by atoms with Crippen LogP contribution in [0, 0.1) is 12.7 Å². The average Bonchev–Trinajstić information content (AvgIpc) is 2.65. The lowest BCUT2D eigenvalue weighted by Gasteiger charge is -2.20. The van der Waals surface area contributed by atoms with Crippen LogP contribution in [0.3, 0.4) is 0 Å². The van der Waals surface area contributed by atoms with Crippen LogP contribution >= 0.6 is 0 Å². The number of rotatable bonds is 0. The van der Waals surface area contributed by atoms with Gasteiger partial charge in [0.15, 0.2) is 0 Å². The molecule has 0 amide bonds. The Morgan fingerprint density at radius 1 is 1.44 bits per heavy atom. The zero-order valence-corrected chi connectivity index (χ0v) is 10.8. The first-order valence-electron chi connectivity index (χ1n) is 5.65. The van der Waals surface area contributed by atoms with E-state index in [0.29, 0.717) is 16.6 Å². The van der Waals surface area contributed by atoms with Crippen molar-refractivity contribution in [2.24, 2.45) is 0 Å². The van der Waals surface area contributed by atoms with Gasteiger partial charge >= 0.3 is 6.09 Å². The minimum Gasteiger partial charge on any atom is -0.443 e. The highest BCUT2D eigenvalue weighted by atomic mass is 19.1. The van der Waals surface area contributed by atoms with Crippen LogP contribution < -0.4 is 0 Å². The molecule has 5 heteroatoms. The molecule has 0 aliphatic carbocycles. The van der Waals surface area contributed by atoms with Gasteiger partial charge in [-0.1, -0.05) is 0 Å². The first-order chi connectivity index (χ1) is 8.29. The van der Waals surface area contributed by atoms with Gasteiger partial charge in [0.1, 0.15) is 11.4 Å². The lowest BCUT2D eigenvalue weighted by Crippen LogP contribution is -2.26. The summed E-state index contributed by atoms with van der Waals surface area (Å²) in [5.74, 6) is -0.439. The van der Waals surface area contributed by atoms with E-state index in [1.165, 1.54) is 10.8 Å². The Bertz CT molecular complexity index is 611. The number of carbonyl (C=O) groups is 1. The SMILES string of the molecule is Cc1c(F)cnc2ccn(C(=O)OC(C)(C)C)c12. The van der Waals surface area contributed by atoms with Crippen molar-refractivity contribution in [3.63, 3.8) is 0 Å². The largest absolute Gasteiger partial charge is 0.443 e. The normalized spacial score (nSPS) is 11.8. The molecule has 0 fully saturated rings. The molecule has 2 heterocycles. The molecule has 0 N–H and O–H groups in total. The van der Waals surface area contributed by atoms with Crippen LogP contribution in [-0.2, 0) is 4.74 Å². The lowest BCUT2D eigenvalue weighted by molar-refractivity contribution is 0.0544. The Morgan fingerprint density at radius 3 is 2.72 bits per heavy atom. The zero-order valence-electron chi connectivity index (χ0n) is 10.8. The molecule has 2 aromatic rings. The van der Waals surface area contributed by atoms with Gasteiger partial charge in [-0.15, -0.1) is 0 Å². The molecule has 0 unspecified atom stereocenters. The highest BCUT2D eigenvalue weighted by Gasteiger charge is 2.20. The third-order valence-electron chi connectivity index (χ3n) is 2.49. The van der Waals surface area contributed by atoms with Crippen molar-refractivity contribution in [1.82, 2.24) is 9.55 Å². The second kappa shape index (κ2) is 4.08. The first-order valence-corrected chi connectivity index (χ1v) is 5.65. The molecule has 0 saturated carbocycles. The molecule has 0 aliphatic heterocycles. The molecule has 0 aliphatic rings. The standard InChI is InChI=1S/C13H15FN2O2/c1-8-9(14)7-15-10-5-6-16(11(8)10)12(17)18-13(2,3)4/h5-7H,1-4H3. The molecule has 96 valence electrons. The number of pyridine rings is 1. The van der Waals surface area contributed by atoms with E-state index < -0.39 is 17.5 Å². The number of carbonyl (C=O) groups excluding carboxylic acids is 1. The van der Waals surface area contributed by atoms with E-state index in [2.05, 4.69) is 4.98 Å². The number of halogens is 1. The summed E-state index contributed by atoms with van der Waals surface area (Å²) in [5.41, 5.74) is 0.808. The minimum atomic E-state index is -0.595. The topological polar surface area (TPSA) is 44.1 Å². The molecule has 4 nitrogen and oxygen atoms in total. The van der Waals surface area contributed by atoms with Gasteiger partial charge in [0.25, 0.3) is 0 Å². The molecular weight excluding hydrogens is 235 g/mol. The second-order valence-electron chi connectivity index (χ2n) is 5.13. The van der Waals surface area contributed by atoms with Crippen molar-refractivity contribution < 1.29 is 13.9 Å². The van der Waals surface area contributed by atoms with Crippen LogP contribution in [0.1, 0.15) is 26.3 Å². The summed E-state index contributed by atoms with van der Waals surface area (Å²) in [6.07, 6.45) is 2.16. The lowest BCUT2D eigenvalue weighted by atomic mass is 10.2. The molecule has 0 aromatic carbocycles. The fourth-order valence-corrected chi connectivity index (χ4v) is 1.70. The highest BCUT2D eigenvalue weighted by Crippen LogP contribution is 2.21. The number of aryl methyl sites for hydroxylation is 1. The van der Waals surface area contributed by atoms with Crippen LogP contribution in [0.25, 0.3) is 11.0 Å². The van der Waals surface area contributed by atoms with Crippen LogP contribution in [-0.4, -0.2) is 21.2 Å². The summed E-state index contributed by atoms with van der Waals surface area (Å²) in [4.78, 5) is 15.9. The summed E-state index contributed by atoms with van der Waals surface area (Å²) in [7, 11) is 0. The van der Waals surface area contributed by atoms with Crippen molar-refractivity contribution in [1.29, 1.82) is 0 Å². The van der Waals surface area contributed by atoms with Gasteiger partial charge in [0.2, 0.25) is 0 Å². The van der Waals surface area contributed by atoms with Gasteiger partial charge in [-0.3, -0.25) is 9.55 Å². The van der Waals surface area contributed by atoms with Crippen molar-refractivity contribution in [3.05, 3.63) is 29.8 Å². The number of nitrogens with zero attached hydrogens (tertiary/aromatic N) is 2. The Labute approximate surface area is 104 Å². The third-order valence-corrected chi connectivity index (χ3v) is 2.49. The second-order valence-corrected chi connectivity index (χ2v) is 5.13. The van der Waals surface area contributed by atoms with E-state index in [1.54, 1.807) is 33.8 Å². The summed E-state index contributed by atoms with van der Waals surface area (Å²) in [6, 6.07) is 1.66. The van der Waals surface area contributed by atoms with Gasteiger partial charge in [-0.05, 0) is 33.8 Å². The van der Waals surface area contributed by atoms with Crippen molar-refractivity contribution in [2.75, 3.05) is 0 Å². The Hall–Kier alpha value is -1.91. The molecule has 0 bridgehead atoms. The molecular formula is C13H15FN2O2. The Balaban J connectivity index is 2.52. The van der Waals surface area contributed by atoms with Crippen LogP contribution in [0.15, 0.2) is 18.5 Å². The van der Waals surface area contributed by atoms with Crippen molar-refractivity contribution >= 4 is 17.1 Å². The fourth-order valence-electron chi connectivity index (χ4n) is 1.70. The quantitative estimate of drug-likeness (QED) is 0.720. The summed E-state index contributed by atoms with van der Waals surface area (Å²) >= 11 is 0. The van der Waals surface area contributed by atoms with Crippen LogP contribution in [0.2, 0.25) is 0 Å². The van der Waals surface area contributed by atoms with Gasteiger partial charge < -0.3 is 4.74 Å². The molecule has 2 rings (SSSR count). The molecule has 0 radical (unpaired) electrons. The average molecular weight is 250 g/mol. The Kier molecular flexibility index (Phi) is 2.84. The molecule has 18 heavy (non-hydrogen) atoms. The zero-order chi connectivity index (χ0) is 13.5. The predicted octanol–water partition coefficient (Wildman–Crippen LogP) is 3.27. The van der Waals surface area contributed by atoms with Gasteiger partial charge in [-0.2, -0.15) is 0 Å². The van der Waals surface area contributed by atoms with Crippen molar-refractivity contribution in [3.8, 4) is 0 Å². The van der Waals surface area contributed by atoms with E-state index in [0.717, 1.165) is 6.20 Å². The third kappa shape index (κ3) is 2.20. The molecule has 0 saturated heterocycles. The highest BCUT2D eigenvalue weighted by molar-refractivity contribution is 5.89. The van der Waals surface area contributed by atoms with Crippen molar-refractivity contribution in [2.45, 2.75) is 33.3 Å². The maximum Gasteiger partial charge on any atom is 0.419 e. The summed E-state index contributed by atoms with van der Waals surface area (Å²) in [6.45, 7) is 6.95. The van der Waals surface area contributed by atoms with Gasteiger partial charge in [0.05, 0.1) is 17.2 Å². The Morgan fingerprint density at radius 2 is 2.11 bits per heavy atom. The van der Waals surface area contributed by atoms with E-state index in [-0.39, 0.29) is 0 Å². The smallest absolute Gasteiger partial charge is 0.419 e. The van der Waals surface area contributed by atoms with Crippen LogP contribution in [0.5, 0.6) is 0 Å². The van der Waals surface area contributed by atoms with E-state index in [9.17, 15) is 9.18 Å². The minimum absolute atomic E-state index is 0.385. The molecule has 0 spiro atoms. The molecule has 2 aromatic heterocycles. The van der Waals surface area contributed by atoms with Crippen LogP contribution in [0.4, 0.5) is 9.18 Å². The predicted molar refractivity (Wildman–Crippen MR) is 66.1 cm³/mol. The summed E-state index contributed by atoms with van der Waals surface area (Å²) in [5, 5.41) is 0. The maximum atomic E-state index is 13.5.